The fourth-order valence-corrected chi connectivity index (χ4v) is 2.58. The maximum atomic E-state index is 12.1. The van der Waals surface area contributed by atoms with Crippen molar-refractivity contribution in [3.63, 3.8) is 0 Å². The number of nitrogens with zero attached hydrogens (tertiary/aromatic N) is 1. The van der Waals surface area contributed by atoms with Gasteiger partial charge < -0.3 is 20.1 Å². The van der Waals surface area contributed by atoms with E-state index in [2.05, 4.69) is 12.2 Å². The molecule has 0 bridgehead atoms. The van der Waals surface area contributed by atoms with Crippen LogP contribution in [0.4, 0.5) is 4.79 Å². The van der Waals surface area contributed by atoms with Gasteiger partial charge in [0.1, 0.15) is 12.2 Å². The minimum Gasteiger partial charge on any atom is -0.480 e. The second kappa shape index (κ2) is 5.99. The predicted octanol–water partition coefficient (Wildman–Crippen LogP) is 1.45. The zero-order valence-electron chi connectivity index (χ0n) is 12.2. The van der Waals surface area contributed by atoms with Crippen molar-refractivity contribution >= 4 is 12.0 Å². The molecule has 1 heterocycles. The van der Waals surface area contributed by atoms with Gasteiger partial charge in [0.2, 0.25) is 0 Å². The van der Waals surface area contributed by atoms with E-state index in [1.54, 1.807) is 4.90 Å². The van der Waals surface area contributed by atoms with Crippen molar-refractivity contribution in [3.05, 3.63) is 0 Å². The molecule has 1 aliphatic carbocycles. The zero-order chi connectivity index (χ0) is 14.8. The molecule has 1 saturated carbocycles. The molecule has 1 saturated heterocycles. The molecule has 2 rings (SSSR count). The lowest BCUT2D eigenvalue weighted by atomic mass is 9.97. The summed E-state index contributed by atoms with van der Waals surface area (Å²) in [4.78, 5) is 24.2. The Kier molecular flexibility index (Phi) is 4.52. The van der Waals surface area contributed by atoms with E-state index in [9.17, 15) is 9.59 Å². The summed E-state index contributed by atoms with van der Waals surface area (Å²) < 4.78 is 5.29. The number of hydrogen-bond acceptors (Lipinski definition) is 3. The van der Waals surface area contributed by atoms with E-state index >= 15 is 0 Å². The van der Waals surface area contributed by atoms with E-state index in [0.717, 1.165) is 18.8 Å². The normalized spacial score (nSPS) is 22.0. The van der Waals surface area contributed by atoms with Gasteiger partial charge >= 0.3 is 12.0 Å². The summed E-state index contributed by atoms with van der Waals surface area (Å²) in [6, 6.07) is 0.190. The van der Waals surface area contributed by atoms with Gasteiger partial charge in [-0.2, -0.15) is 0 Å². The van der Waals surface area contributed by atoms with Gasteiger partial charge in [-0.1, -0.05) is 19.8 Å². The van der Waals surface area contributed by atoms with E-state index in [-0.39, 0.29) is 18.7 Å². The lowest BCUT2D eigenvalue weighted by Crippen LogP contribution is -2.65. The van der Waals surface area contributed by atoms with Gasteiger partial charge in [-0.25, -0.2) is 9.59 Å². The molecular weight excluding hydrogens is 260 g/mol. The number of amides is 2. The van der Waals surface area contributed by atoms with Crippen molar-refractivity contribution in [2.45, 2.75) is 51.2 Å². The lowest BCUT2D eigenvalue weighted by Gasteiger charge is -2.47. The van der Waals surface area contributed by atoms with E-state index in [1.807, 2.05) is 6.92 Å². The average Bonchev–Trinajstić information content (AvgIpc) is 3.15. The SMILES string of the molecule is CCC(CC1CC1)NC(=O)N1CC(C)(OCC(=O)O)C1. The highest BCUT2D eigenvalue weighted by Gasteiger charge is 2.43. The summed E-state index contributed by atoms with van der Waals surface area (Å²) in [5, 5.41) is 11.7. The summed E-state index contributed by atoms with van der Waals surface area (Å²) in [5.41, 5.74) is -0.520. The van der Waals surface area contributed by atoms with Gasteiger partial charge in [0.05, 0.1) is 13.1 Å². The van der Waals surface area contributed by atoms with Crippen LogP contribution in [-0.2, 0) is 9.53 Å². The van der Waals surface area contributed by atoms with Crippen LogP contribution in [0, 0.1) is 5.92 Å². The first-order valence-electron chi connectivity index (χ1n) is 7.33. The number of ether oxygens (including phenoxy) is 1. The van der Waals surface area contributed by atoms with Crippen LogP contribution in [0.5, 0.6) is 0 Å². The largest absolute Gasteiger partial charge is 0.480 e. The van der Waals surface area contributed by atoms with E-state index in [0.29, 0.717) is 13.1 Å². The first kappa shape index (κ1) is 15.1. The van der Waals surface area contributed by atoms with Gasteiger partial charge in [-0.15, -0.1) is 0 Å². The highest BCUT2D eigenvalue weighted by atomic mass is 16.5. The van der Waals surface area contributed by atoms with Crippen LogP contribution < -0.4 is 5.32 Å². The fraction of sp³-hybridized carbons (Fsp3) is 0.857. The standard InChI is InChI=1S/C14H24N2O4/c1-3-11(6-10-4-5-10)15-13(19)16-8-14(2,9-16)20-7-12(17)18/h10-11H,3-9H2,1-2H3,(H,15,19)(H,17,18). The third kappa shape index (κ3) is 4.10. The van der Waals surface area contributed by atoms with Crippen LogP contribution in [0.3, 0.4) is 0 Å². The van der Waals surface area contributed by atoms with Gasteiger partial charge in [-0.05, 0) is 25.7 Å². The van der Waals surface area contributed by atoms with Gasteiger partial charge in [0, 0.05) is 6.04 Å². The molecule has 20 heavy (non-hydrogen) atoms. The summed E-state index contributed by atoms with van der Waals surface area (Å²) in [6.07, 6.45) is 4.60. The monoisotopic (exact) mass is 284 g/mol. The molecule has 6 nitrogen and oxygen atoms in total. The third-order valence-electron chi connectivity index (χ3n) is 4.02. The molecule has 2 N–H and O–H groups in total. The number of carboxylic acids is 1. The first-order chi connectivity index (χ1) is 9.42. The van der Waals surface area contributed by atoms with Gasteiger partial charge in [0.15, 0.2) is 0 Å². The van der Waals surface area contributed by atoms with Gasteiger partial charge in [-0.3, -0.25) is 0 Å². The van der Waals surface area contributed by atoms with Crippen molar-refractivity contribution in [1.82, 2.24) is 10.2 Å². The number of aliphatic carboxylic acids is 1. The maximum absolute atomic E-state index is 12.1. The third-order valence-corrected chi connectivity index (χ3v) is 4.02. The molecule has 2 fully saturated rings. The zero-order valence-corrected chi connectivity index (χ0v) is 12.2. The minimum atomic E-state index is -0.982. The van der Waals surface area contributed by atoms with Crippen LogP contribution in [0.2, 0.25) is 0 Å². The highest BCUT2D eigenvalue weighted by molar-refractivity contribution is 5.76. The number of hydrogen-bond donors (Lipinski definition) is 2. The number of carbonyl (C=O) groups is 2. The average molecular weight is 284 g/mol. The first-order valence-corrected chi connectivity index (χ1v) is 7.33. The summed E-state index contributed by atoms with van der Waals surface area (Å²) in [5.74, 6) is -0.189. The van der Waals surface area contributed by atoms with Crippen molar-refractivity contribution in [1.29, 1.82) is 0 Å². The summed E-state index contributed by atoms with van der Waals surface area (Å²) in [7, 11) is 0. The number of carboxylic acid groups (broad SMARTS) is 1. The highest BCUT2D eigenvalue weighted by Crippen LogP contribution is 2.34. The van der Waals surface area contributed by atoms with Crippen molar-refractivity contribution in [3.8, 4) is 0 Å². The second-order valence-corrected chi connectivity index (χ2v) is 6.22. The van der Waals surface area contributed by atoms with Crippen molar-refractivity contribution in [2.24, 2.45) is 5.92 Å². The Bertz CT molecular complexity index is 375. The molecule has 2 amide bonds. The Morgan fingerprint density at radius 2 is 2.10 bits per heavy atom. The number of urea groups is 1. The Labute approximate surface area is 119 Å². The minimum absolute atomic E-state index is 0.0612. The fourth-order valence-electron chi connectivity index (χ4n) is 2.58. The van der Waals surface area contributed by atoms with Crippen LogP contribution in [0.15, 0.2) is 0 Å². The van der Waals surface area contributed by atoms with E-state index in [1.165, 1.54) is 12.8 Å². The van der Waals surface area contributed by atoms with E-state index in [4.69, 9.17) is 9.84 Å². The maximum Gasteiger partial charge on any atom is 0.329 e. The topological polar surface area (TPSA) is 78.9 Å². The van der Waals surface area contributed by atoms with Crippen LogP contribution in [-0.4, -0.2) is 53.3 Å². The smallest absolute Gasteiger partial charge is 0.329 e. The molecule has 1 unspecified atom stereocenters. The van der Waals surface area contributed by atoms with E-state index < -0.39 is 11.6 Å². The molecule has 0 aromatic heterocycles. The molecule has 1 aliphatic heterocycles. The molecule has 0 radical (unpaired) electrons. The van der Waals surface area contributed by atoms with Crippen LogP contribution in [0.25, 0.3) is 0 Å². The number of carbonyl (C=O) groups excluding carboxylic acids is 1. The summed E-state index contributed by atoms with van der Waals surface area (Å²) in [6.45, 7) is 4.51. The lowest BCUT2D eigenvalue weighted by molar-refractivity contribution is -0.159. The Morgan fingerprint density at radius 1 is 1.45 bits per heavy atom. The molecule has 0 aromatic carbocycles. The van der Waals surface area contributed by atoms with Gasteiger partial charge in [0.25, 0.3) is 0 Å². The number of rotatable bonds is 7. The molecule has 2 aliphatic rings. The molecule has 114 valence electrons. The number of likely N-dealkylation sites (tertiary alicyclic amines) is 1. The van der Waals surface area contributed by atoms with Crippen LogP contribution in [0.1, 0.15) is 39.5 Å². The Morgan fingerprint density at radius 3 is 2.60 bits per heavy atom. The quantitative estimate of drug-likeness (QED) is 0.741. The Balaban J connectivity index is 1.70. The molecular formula is C14H24N2O4. The second-order valence-electron chi connectivity index (χ2n) is 6.22. The summed E-state index contributed by atoms with van der Waals surface area (Å²) >= 11 is 0. The van der Waals surface area contributed by atoms with Crippen molar-refractivity contribution < 1.29 is 19.4 Å². The molecule has 1 atom stereocenters. The molecule has 0 spiro atoms. The molecule has 0 aromatic rings. The molecule has 6 heteroatoms. The van der Waals surface area contributed by atoms with Crippen molar-refractivity contribution in [2.75, 3.05) is 19.7 Å². The predicted molar refractivity (Wildman–Crippen MR) is 73.5 cm³/mol. The Hall–Kier alpha value is -1.30. The van der Waals surface area contributed by atoms with Crippen LogP contribution >= 0.6 is 0 Å². The number of nitrogens with one attached hydrogen (secondary N) is 1.